The lowest BCUT2D eigenvalue weighted by molar-refractivity contribution is -0.384. The molecular weight excluding hydrogens is 208 g/mol. The Morgan fingerprint density at radius 2 is 2.31 bits per heavy atom. The van der Waals surface area contributed by atoms with Gasteiger partial charge in [0.1, 0.15) is 6.29 Å². The second-order valence-corrected chi connectivity index (χ2v) is 3.88. The standard InChI is InChI=1S/C11H12N2O3/c14-7-9-3-1-2-8-4-5-10(13(15)16)6-11(8)12-9/h4-7,9,12H,1-3H2. The number of aldehydes is 1. The Hall–Kier alpha value is -1.91. The van der Waals surface area contributed by atoms with Crippen molar-refractivity contribution in [3.63, 3.8) is 0 Å². The number of nitro benzene ring substituents is 1. The summed E-state index contributed by atoms with van der Waals surface area (Å²) in [5.74, 6) is 0. The van der Waals surface area contributed by atoms with Gasteiger partial charge < -0.3 is 10.1 Å². The molecule has 0 aliphatic carbocycles. The second-order valence-electron chi connectivity index (χ2n) is 3.88. The van der Waals surface area contributed by atoms with E-state index in [1.54, 1.807) is 6.07 Å². The van der Waals surface area contributed by atoms with E-state index < -0.39 is 4.92 Å². The highest BCUT2D eigenvalue weighted by molar-refractivity contribution is 5.68. The molecule has 1 unspecified atom stereocenters. The van der Waals surface area contributed by atoms with E-state index >= 15 is 0 Å². The number of benzene rings is 1. The van der Waals surface area contributed by atoms with E-state index in [0.29, 0.717) is 5.69 Å². The predicted molar refractivity (Wildman–Crippen MR) is 59.5 cm³/mol. The minimum absolute atomic E-state index is 0.0535. The highest BCUT2D eigenvalue weighted by Gasteiger charge is 2.17. The van der Waals surface area contributed by atoms with Crippen molar-refractivity contribution in [1.82, 2.24) is 0 Å². The van der Waals surface area contributed by atoms with Gasteiger partial charge in [-0.2, -0.15) is 0 Å². The van der Waals surface area contributed by atoms with Crippen LogP contribution < -0.4 is 5.32 Å². The third-order valence-electron chi connectivity index (χ3n) is 2.77. The number of nitrogens with one attached hydrogen (secondary N) is 1. The van der Waals surface area contributed by atoms with Crippen molar-refractivity contribution in [2.45, 2.75) is 25.3 Å². The zero-order chi connectivity index (χ0) is 11.5. The van der Waals surface area contributed by atoms with Crippen LogP contribution in [0.4, 0.5) is 11.4 Å². The fourth-order valence-corrected chi connectivity index (χ4v) is 1.92. The van der Waals surface area contributed by atoms with Gasteiger partial charge in [0, 0.05) is 17.8 Å². The van der Waals surface area contributed by atoms with Gasteiger partial charge in [-0.3, -0.25) is 10.1 Å². The Balaban J connectivity index is 2.36. The molecule has 0 saturated heterocycles. The molecule has 16 heavy (non-hydrogen) atoms. The smallest absolute Gasteiger partial charge is 0.271 e. The molecule has 5 nitrogen and oxygen atoms in total. The third kappa shape index (κ3) is 2.03. The van der Waals surface area contributed by atoms with Gasteiger partial charge in [-0.05, 0) is 24.8 Å². The average Bonchev–Trinajstić information content (AvgIpc) is 2.49. The molecule has 0 radical (unpaired) electrons. The summed E-state index contributed by atoms with van der Waals surface area (Å²) in [4.78, 5) is 20.9. The highest BCUT2D eigenvalue weighted by atomic mass is 16.6. The summed E-state index contributed by atoms with van der Waals surface area (Å²) in [6, 6.07) is 4.52. The Labute approximate surface area is 92.6 Å². The molecule has 1 heterocycles. The number of hydrogen-bond donors (Lipinski definition) is 1. The van der Waals surface area contributed by atoms with Crippen LogP contribution in [0.15, 0.2) is 18.2 Å². The van der Waals surface area contributed by atoms with E-state index in [1.165, 1.54) is 12.1 Å². The summed E-state index contributed by atoms with van der Waals surface area (Å²) >= 11 is 0. The molecule has 84 valence electrons. The average molecular weight is 220 g/mol. The van der Waals surface area contributed by atoms with E-state index in [9.17, 15) is 14.9 Å². The van der Waals surface area contributed by atoms with Gasteiger partial charge in [0.2, 0.25) is 0 Å². The minimum atomic E-state index is -0.428. The number of rotatable bonds is 2. The topological polar surface area (TPSA) is 72.2 Å². The number of fused-ring (bicyclic) bond motifs is 1. The summed E-state index contributed by atoms with van der Waals surface area (Å²) in [5.41, 5.74) is 1.80. The first-order valence-corrected chi connectivity index (χ1v) is 5.20. The SMILES string of the molecule is O=CC1CCCc2ccc([N+](=O)[O-])cc2N1. The van der Waals surface area contributed by atoms with Crippen LogP contribution in [0, 0.1) is 10.1 Å². The number of anilines is 1. The molecule has 0 spiro atoms. The van der Waals surface area contributed by atoms with Crippen LogP contribution in [0.1, 0.15) is 18.4 Å². The van der Waals surface area contributed by atoms with Gasteiger partial charge in [0.05, 0.1) is 11.0 Å². The molecular formula is C11H12N2O3. The number of nitro groups is 1. The first-order valence-electron chi connectivity index (χ1n) is 5.20. The van der Waals surface area contributed by atoms with Crippen molar-refractivity contribution in [2.75, 3.05) is 5.32 Å². The molecule has 0 bridgehead atoms. The van der Waals surface area contributed by atoms with Crippen LogP contribution in [-0.2, 0) is 11.2 Å². The molecule has 2 rings (SSSR count). The zero-order valence-electron chi connectivity index (χ0n) is 8.68. The monoisotopic (exact) mass is 220 g/mol. The minimum Gasteiger partial charge on any atom is -0.375 e. The molecule has 0 saturated carbocycles. The maximum absolute atomic E-state index is 10.7. The second kappa shape index (κ2) is 4.30. The van der Waals surface area contributed by atoms with Crippen molar-refractivity contribution < 1.29 is 9.72 Å². The lowest BCUT2D eigenvalue weighted by Gasteiger charge is -2.11. The fraction of sp³-hybridized carbons (Fsp3) is 0.364. The summed E-state index contributed by atoms with van der Waals surface area (Å²) in [7, 11) is 0. The molecule has 0 aromatic heterocycles. The van der Waals surface area contributed by atoms with Crippen LogP contribution in [-0.4, -0.2) is 17.3 Å². The Bertz CT molecular complexity index is 431. The van der Waals surface area contributed by atoms with Crippen LogP contribution in [0.25, 0.3) is 0 Å². The third-order valence-corrected chi connectivity index (χ3v) is 2.77. The highest BCUT2D eigenvalue weighted by Crippen LogP contribution is 2.27. The van der Waals surface area contributed by atoms with Gasteiger partial charge >= 0.3 is 0 Å². The predicted octanol–water partition coefficient (Wildman–Crippen LogP) is 1.91. The van der Waals surface area contributed by atoms with Gasteiger partial charge in [0.25, 0.3) is 5.69 Å². The Kier molecular flexibility index (Phi) is 2.85. The summed E-state index contributed by atoms with van der Waals surface area (Å²) in [5, 5.41) is 13.7. The van der Waals surface area contributed by atoms with Crippen molar-refractivity contribution in [1.29, 1.82) is 0 Å². The Morgan fingerprint density at radius 3 is 3.00 bits per heavy atom. The quantitative estimate of drug-likeness (QED) is 0.469. The van der Waals surface area contributed by atoms with Gasteiger partial charge in [0.15, 0.2) is 0 Å². The maximum atomic E-state index is 10.7. The van der Waals surface area contributed by atoms with Gasteiger partial charge in [-0.15, -0.1) is 0 Å². The van der Waals surface area contributed by atoms with Crippen LogP contribution in [0.5, 0.6) is 0 Å². The van der Waals surface area contributed by atoms with E-state index in [-0.39, 0.29) is 11.7 Å². The maximum Gasteiger partial charge on any atom is 0.271 e. The van der Waals surface area contributed by atoms with E-state index in [1.807, 2.05) is 0 Å². The largest absolute Gasteiger partial charge is 0.375 e. The molecule has 1 aromatic carbocycles. The molecule has 0 fully saturated rings. The van der Waals surface area contributed by atoms with E-state index in [0.717, 1.165) is 31.1 Å². The lowest BCUT2D eigenvalue weighted by atomic mass is 10.1. The van der Waals surface area contributed by atoms with Crippen molar-refractivity contribution in [2.24, 2.45) is 0 Å². The zero-order valence-corrected chi connectivity index (χ0v) is 8.68. The van der Waals surface area contributed by atoms with E-state index in [4.69, 9.17) is 0 Å². The van der Waals surface area contributed by atoms with Gasteiger partial charge in [-0.25, -0.2) is 0 Å². The molecule has 0 amide bonds. The molecule has 1 aromatic rings. The number of aryl methyl sites for hydroxylation is 1. The normalized spacial score (nSPS) is 19.1. The molecule has 1 aliphatic rings. The van der Waals surface area contributed by atoms with Crippen molar-refractivity contribution in [3.05, 3.63) is 33.9 Å². The number of nitrogens with zero attached hydrogens (tertiary/aromatic N) is 1. The van der Waals surface area contributed by atoms with Crippen molar-refractivity contribution >= 4 is 17.7 Å². The molecule has 5 heteroatoms. The summed E-state index contributed by atoms with van der Waals surface area (Å²) in [6.45, 7) is 0. The number of carbonyl (C=O) groups is 1. The van der Waals surface area contributed by atoms with E-state index in [2.05, 4.69) is 5.32 Å². The number of non-ortho nitro benzene ring substituents is 1. The summed E-state index contributed by atoms with van der Waals surface area (Å²) < 4.78 is 0. The summed E-state index contributed by atoms with van der Waals surface area (Å²) in [6.07, 6.45) is 3.39. The lowest BCUT2D eigenvalue weighted by Crippen LogP contribution is -2.19. The van der Waals surface area contributed by atoms with Crippen LogP contribution in [0.3, 0.4) is 0 Å². The molecule has 1 atom stereocenters. The fourth-order valence-electron chi connectivity index (χ4n) is 1.92. The number of carbonyl (C=O) groups excluding carboxylic acids is 1. The number of hydrogen-bond acceptors (Lipinski definition) is 4. The first kappa shape index (κ1) is 10.6. The Morgan fingerprint density at radius 1 is 1.50 bits per heavy atom. The van der Waals surface area contributed by atoms with Gasteiger partial charge in [-0.1, -0.05) is 6.07 Å². The molecule has 1 aliphatic heterocycles. The molecule has 1 N–H and O–H groups in total. The van der Waals surface area contributed by atoms with Crippen LogP contribution in [0.2, 0.25) is 0 Å². The van der Waals surface area contributed by atoms with Crippen molar-refractivity contribution in [3.8, 4) is 0 Å². The van der Waals surface area contributed by atoms with Crippen LogP contribution >= 0.6 is 0 Å². The first-order chi connectivity index (χ1) is 7.70.